The second-order valence-corrected chi connectivity index (χ2v) is 11.2. The third-order valence-corrected chi connectivity index (χ3v) is 8.01. The number of methoxy groups -OCH3 is 2. The first-order valence-electron chi connectivity index (χ1n) is 14.9. The van der Waals surface area contributed by atoms with Gasteiger partial charge in [-0.15, -0.1) is 0 Å². The molecule has 0 aliphatic carbocycles. The van der Waals surface area contributed by atoms with E-state index in [1.165, 1.54) is 0 Å². The summed E-state index contributed by atoms with van der Waals surface area (Å²) in [5, 5.41) is 13.8. The number of nitrogens with one attached hydrogen (secondary N) is 4. The summed E-state index contributed by atoms with van der Waals surface area (Å²) in [5.41, 5.74) is 1.13. The minimum Gasteiger partial charge on any atom is -0.495 e. The summed E-state index contributed by atoms with van der Waals surface area (Å²) >= 11 is 6.67. The monoisotopic (exact) mass is 600 g/mol. The van der Waals surface area contributed by atoms with Crippen LogP contribution in [0.1, 0.15) is 77.2 Å². The van der Waals surface area contributed by atoms with E-state index in [1.54, 1.807) is 27.2 Å². The highest BCUT2D eigenvalue weighted by Crippen LogP contribution is 2.44. The zero-order valence-corrected chi connectivity index (χ0v) is 26.0. The Balaban J connectivity index is 1.30. The highest BCUT2D eigenvalue weighted by atomic mass is 35.5. The first-order valence-corrected chi connectivity index (χ1v) is 15.3. The number of ether oxygens (including phenoxy) is 2. The first kappa shape index (κ1) is 33.0. The molecule has 2 aromatic carbocycles. The van der Waals surface area contributed by atoms with Gasteiger partial charge >= 0.3 is 6.03 Å². The summed E-state index contributed by atoms with van der Waals surface area (Å²) in [7, 11) is 3.16. The molecule has 0 bridgehead atoms. The van der Waals surface area contributed by atoms with Gasteiger partial charge in [-0.25, -0.2) is 4.79 Å². The largest absolute Gasteiger partial charge is 0.495 e. The lowest BCUT2D eigenvalue weighted by molar-refractivity contribution is -0.121. The van der Waals surface area contributed by atoms with Gasteiger partial charge in [0.1, 0.15) is 11.5 Å². The third kappa shape index (κ3) is 9.28. The lowest BCUT2D eigenvalue weighted by Gasteiger charge is -2.16. The van der Waals surface area contributed by atoms with Crippen molar-refractivity contribution in [1.82, 2.24) is 21.3 Å². The van der Waals surface area contributed by atoms with E-state index in [-0.39, 0.29) is 29.9 Å². The molecule has 2 aromatic rings. The van der Waals surface area contributed by atoms with Crippen LogP contribution in [0.2, 0.25) is 5.02 Å². The molecule has 1 heterocycles. The molecule has 9 nitrogen and oxygen atoms in total. The van der Waals surface area contributed by atoms with Crippen LogP contribution < -0.4 is 30.7 Å². The van der Waals surface area contributed by atoms with E-state index >= 15 is 0 Å². The molecule has 1 aliphatic rings. The molecular weight excluding hydrogens is 556 g/mol. The van der Waals surface area contributed by atoms with Gasteiger partial charge in [-0.3, -0.25) is 9.59 Å². The zero-order valence-electron chi connectivity index (χ0n) is 25.2. The Bertz CT molecular complexity index is 1270. The molecule has 230 valence electrons. The van der Waals surface area contributed by atoms with Crippen LogP contribution in [0.5, 0.6) is 11.5 Å². The molecule has 4 N–H and O–H groups in total. The fraction of sp³-hybridized carbons (Fsp3) is 0.531. The van der Waals surface area contributed by atoms with Gasteiger partial charge < -0.3 is 30.7 Å². The maximum atomic E-state index is 12.7. The van der Waals surface area contributed by atoms with Crippen molar-refractivity contribution in [3.05, 3.63) is 40.4 Å². The standard InChI is InChI=1S/C32H45ClN4O5/c1-21(20-25-28(33)30(42-4)24-15-11-10-14-23(24)29(25)41-3)31(39)35-19-13-6-5-12-18-34-27(38)17-9-7-8-16-26-22(2)36-32(40)37-26/h10-11,14-15,20,22,26H,5-9,12-13,16-19H2,1-4H3,(H,34,38)(H,35,39)(H2,36,37,40)/b21-20+/t22?,26-/m1/s1. The van der Waals surface area contributed by atoms with Crippen molar-refractivity contribution in [1.29, 1.82) is 0 Å². The van der Waals surface area contributed by atoms with Crippen molar-refractivity contribution < 1.29 is 23.9 Å². The number of unbranched alkanes of at least 4 members (excludes halogenated alkanes) is 5. The van der Waals surface area contributed by atoms with E-state index in [4.69, 9.17) is 21.1 Å². The first-order chi connectivity index (χ1) is 20.3. The fourth-order valence-electron chi connectivity index (χ4n) is 5.25. The van der Waals surface area contributed by atoms with Crippen LogP contribution in [0, 0.1) is 0 Å². The van der Waals surface area contributed by atoms with E-state index in [1.807, 2.05) is 31.2 Å². The van der Waals surface area contributed by atoms with E-state index in [9.17, 15) is 14.4 Å². The van der Waals surface area contributed by atoms with Gasteiger partial charge in [-0.05, 0) is 45.6 Å². The van der Waals surface area contributed by atoms with Gasteiger partial charge in [0.05, 0.1) is 25.3 Å². The van der Waals surface area contributed by atoms with Crippen LogP contribution in [-0.4, -0.2) is 57.2 Å². The van der Waals surface area contributed by atoms with E-state index in [2.05, 4.69) is 21.3 Å². The van der Waals surface area contributed by atoms with Gasteiger partial charge in [0.2, 0.25) is 11.8 Å². The molecule has 0 spiro atoms. The summed E-state index contributed by atoms with van der Waals surface area (Å²) in [6.07, 6.45) is 9.74. The van der Waals surface area contributed by atoms with Crippen LogP contribution >= 0.6 is 11.6 Å². The summed E-state index contributed by atoms with van der Waals surface area (Å²) in [6, 6.07) is 7.94. The molecule has 1 saturated heterocycles. The van der Waals surface area contributed by atoms with Crippen molar-refractivity contribution in [2.45, 2.75) is 83.7 Å². The predicted octanol–water partition coefficient (Wildman–Crippen LogP) is 5.73. The lowest BCUT2D eigenvalue weighted by atomic mass is 10.0. The number of halogens is 1. The summed E-state index contributed by atoms with van der Waals surface area (Å²) in [4.78, 5) is 36.1. The number of hydrogen-bond donors (Lipinski definition) is 4. The minimum atomic E-state index is -0.160. The van der Waals surface area contributed by atoms with Crippen molar-refractivity contribution >= 4 is 46.3 Å². The number of rotatable bonds is 17. The second-order valence-electron chi connectivity index (χ2n) is 10.8. The zero-order chi connectivity index (χ0) is 30.5. The molecule has 0 radical (unpaired) electrons. The number of amides is 4. The van der Waals surface area contributed by atoms with Gasteiger partial charge in [0.25, 0.3) is 0 Å². The van der Waals surface area contributed by atoms with E-state index < -0.39 is 0 Å². The normalized spacial score (nSPS) is 16.6. The Kier molecular flexibility index (Phi) is 13.3. The molecule has 42 heavy (non-hydrogen) atoms. The molecular formula is C32H45ClN4O5. The number of carbonyl (C=O) groups excluding carboxylic acids is 3. The van der Waals surface area contributed by atoms with Gasteiger partial charge in [0, 0.05) is 47.5 Å². The number of hydrogen-bond acceptors (Lipinski definition) is 5. The van der Waals surface area contributed by atoms with Crippen molar-refractivity contribution in [2.24, 2.45) is 0 Å². The van der Waals surface area contributed by atoms with Crippen molar-refractivity contribution in [2.75, 3.05) is 27.3 Å². The SMILES string of the molecule is COc1c(Cl)c(/C=C(\C)C(=O)NCCCCCCNC(=O)CCCCC[C@H]2NC(=O)NC2C)c(OC)c2ccccc12. The van der Waals surface area contributed by atoms with Gasteiger partial charge in [0.15, 0.2) is 0 Å². The quantitative estimate of drug-likeness (QED) is 0.137. The molecule has 1 fully saturated rings. The molecule has 2 atom stereocenters. The average Bonchev–Trinajstić information content (AvgIpc) is 3.30. The van der Waals surface area contributed by atoms with Crippen LogP contribution in [0.25, 0.3) is 16.8 Å². The lowest BCUT2D eigenvalue weighted by Crippen LogP contribution is -2.30. The third-order valence-electron chi connectivity index (χ3n) is 7.63. The molecule has 3 rings (SSSR count). The maximum Gasteiger partial charge on any atom is 0.315 e. The number of urea groups is 1. The highest BCUT2D eigenvalue weighted by Gasteiger charge is 2.26. The molecule has 4 amide bonds. The number of fused-ring (bicyclic) bond motifs is 1. The topological polar surface area (TPSA) is 118 Å². The second kappa shape index (κ2) is 16.9. The molecule has 0 saturated carbocycles. The summed E-state index contributed by atoms with van der Waals surface area (Å²) < 4.78 is 11.2. The van der Waals surface area contributed by atoms with Crippen LogP contribution in [-0.2, 0) is 9.59 Å². The van der Waals surface area contributed by atoms with E-state index in [0.717, 1.165) is 62.1 Å². The van der Waals surface area contributed by atoms with Gasteiger partial charge in [-0.2, -0.15) is 0 Å². The molecule has 1 aliphatic heterocycles. The minimum absolute atomic E-state index is 0.0921. The van der Waals surface area contributed by atoms with Crippen molar-refractivity contribution in [3.8, 4) is 11.5 Å². The van der Waals surface area contributed by atoms with Crippen molar-refractivity contribution in [3.63, 3.8) is 0 Å². The Morgan fingerprint density at radius 1 is 0.905 bits per heavy atom. The maximum absolute atomic E-state index is 12.7. The highest BCUT2D eigenvalue weighted by molar-refractivity contribution is 6.35. The number of benzene rings is 2. The average molecular weight is 601 g/mol. The van der Waals surface area contributed by atoms with Gasteiger partial charge in [-0.1, -0.05) is 61.5 Å². The Morgan fingerprint density at radius 2 is 1.52 bits per heavy atom. The van der Waals surface area contributed by atoms with Crippen LogP contribution in [0.3, 0.4) is 0 Å². The smallest absolute Gasteiger partial charge is 0.315 e. The Hall–Kier alpha value is -3.46. The van der Waals surface area contributed by atoms with Crippen LogP contribution in [0.4, 0.5) is 4.79 Å². The summed E-state index contributed by atoms with van der Waals surface area (Å²) in [6.45, 7) is 5.00. The summed E-state index contributed by atoms with van der Waals surface area (Å²) in [5.74, 6) is 1.07. The van der Waals surface area contributed by atoms with E-state index in [0.29, 0.717) is 47.2 Å². The Labute approximate surface area is 254 Å². The molecule has 1 unspecified atom stereocenters. The Morgan fingerprint density at radius 3 is 2.14 bits per heavy atom. The molecule has 0 aromatic heterocycles. The fourth-order valence-corrected chi connectivity index (χ4v) is 5.57. The van der Waals surface area contributed by atoms with Crippen LogP contribution in [0.15, 0.2) is 29.8 Å². The number of carbonyl (C=O) groups is 3. The molecule has 10 heteroatoms. The predicted molar refractivity (Wildman–Crippen MR) is 168 cm³/mol.